The van der Waals surface area contributed by atoms with Gasteiger partial charge in [-0.3, -0.25) is 0 Å². The number of hydrogen-bond acceptors (Lipinski definition) is 2. The second kappa shape index (κ2) is 6.24. The van der Waals surface area contributed by atoms with Gasteiger partial charge in [-0.1, -0.05) is 60.2 Å². The van der Waals surface area contributed by atoms with E-state index in [4.69, 9.17) is 16.3 Å². The Kier molecular flexibility index (Phi) is 4.16. The fourth-order valence-electron chi connectivity index (χ4n) is 2.83. The highest BCUT2D eigenvalue weighted by molar-refractivity contribution is 6.30. The number of benzene rings is 2. The SMILES string of the molecule is COC(=O)N[C@@H]1c2ccccc2C=C[C@@H]1c1cccc(Cl)c1. The number of carbonyl (C=O) groups excluding carboxylic acids is 1. The minimum absolute atomic E-state index is 0.00713. The lowest BCUT2D eigenvalue weighted by Gasteiger charge is -2.30. The highest BCUT2D eigenvalue weighted by Crippen LogP contribution is 2.39. The van der Waals surface area contributed by atoms with Crippen LogP contribution in [0.25, 0.3) is 6.08 Å². The molecule has 2 aromatic rings. The molecular formula is C18H16ClNO2. The maximum Gasteiger partial charge on any atom is 0.407 e. The zero-order chi connectivity index (χ0) is 15.5. The van der Waals surface area contributed by atoms with E-state index in [9.17, 15) is 4.79 Å². The molecule has 0 aliphatic heterocycles. The molecule has 1 N–H and O–H groups in total. The van der Waals surface area contributed by atoms with E-state index in [0.717, 1.165) is 16.7 Å². The first kappa shape index (κ1) is 14.7. The van der Waals surface area contributed by atoms with Crippen molar-refractivity contribution < 1.29 is 9.53 Å². The van der Waals surface area contributed by atoms with E-state index in [2.05, 4.69) is 17.5 Å². The van der Waals surface area contributed by atoms with E-state index in [-0.39, 0.29) is 12.0 Å². The Morgan fingerprint density at radius 1 is 1.18 bits per heavy atom. The molecule has 2 atom stereocenters. The van der Waals surface area contributed by atoms with Crippen LogP contribution in [0.4, 0.5) is 4.79 Å². The molecule has 4 heteroatoms. The van der Waals surface area contributed by atoms with Crippen molar-refractivity contribution in [1.29, 1.82) is 0 Å². The highest BCUT2D eigenvalue weighted by Gasteiger charge is 2.29. The summed E-state index contributed by atoms with van der Waals surface area (Å²) < 4.78 is 4.78. The van der Waals surface area contributed by atoms with Gasteiger partial charge in [0, 0.05) is 10.9 Å². The third-order valence-corrected chi connectivity index (χ3v) is 4.10. The van der Waals surface area contributed by atoms with Crippen molar-refractivity contribution in [3.05, 3.63) is 76.3 Å². The van der Waals surface area contributed by atoms with Crippen LogP contribution in [0.1, 0.15) is 28.7 Å². The van der Waals surface area contributed by atoms with Crippen molar-refractivity contribution in [3.63, 3.8) is 0 Å². The van der Waals surface area contributed by atoms with Gasteiger partial charge >= 0.3 is 6.09 Å². The second-order valence-electron chi connectivity index (χ2n) is 5.18. The van der Waals surface area contributed by atoms with Gasteiger partial charge < -0.3 is 10.1 Å². The molecule has 0 heterocycles. The maximum absolute atomic E-state index is 11.8. The molecule has 0 radical (unpaired) electrons. The number of ether oxygens (including phenoxy) is 1. The Bertz CT molecular complexity index is 727. The summed E-state index contributed by atoms with van der Waals surface area (Å²) in [6, 6.07) is 15.5. The van der Waals surface area contributed by atoms with E-state index >= 15 is 0 Å². The minimum Gasteiger partial charge on any atom is -0.453 e. The van der Waals surface area contributed by atoms with Crippen molar-refractivity contribution in [2.75, 3.05) is 7.11 Å². The van der Waals surface area contributed by atoms with Gasteiger partial charge in [0.05, 0.1) is 13.2 Å². The van der Waals surface area contributed by atoms with Crippen LogP contribution in [0.5, 0.6) is 0 Å². The molecule has 22 heavy (non-hydrogen) atoms. The highest BCUT2D eigenvalue weighted by atomic mass is 35.5. The predicted octanol–water partition coefficient (Wildman–Crippen LogP) is 4.55. The van der Waals surface area contributed by atoms with Crippen molar-refractivity contribution in [1.82, 2.24) is 5.32 Å². The number of amides is 1. The average molecular weight is 314 g/mol. The number of alkyl carbamates (subject to hydrolysis) is 1. The molecule has 0 spiro atoms. The molecule has 1 amide bonds. The number of nitrogens with one attached hydrogen (secondary N) is 1. The van der Waals surface area contributed by atoms with Crippen LogP contribution < -0.4 is 5.32 Å². The van der Waals surface area contributed by atoms with Crippen molar-refractivity contribution in [2.24, 2.45) is 0 Å². The van der Waals surface area contributed by atoms with E-state index in [0.29, 0.717) is 5.02 Å². The molecular weight excluding hydrogens is 298 g/mol. The van der Waals surface area contributed by atoms with Gasteiger partial charge in [-0.25, -0.2) is 4.79 Å². The van der Waals surface area contributed by atoms with Gasteiger partial charge in [0.25, 0.3) is 0 Å². The molecule has 0 saturated carbocycles. The molecule has 3 nitrogen and oxygen atoms in total. The number of rotatable bonds is 2. The lowest BCUT2D eigenvalue weighted by atomic mass is 9.81. The molecule has 0 bridgehead atoms. The van der Waals surface area contributed by atoms with Gasteiger partial charge in [-0.2, -0.15) is 0 Å². The van der Waals surface area contributed by atoms with Crippen LogP contribution in [0.3, 0.4) is 0 Å². The average Bonchev–Trinajstić information content (AvgIpc) is 2.55. The van der Waals surface area contributed by atoms with E-state index in [1.54, 1.807) is 0 Å². The molecule has 1 aliphatic carbocycles. The number of fused-ring (bicyclic) bond motifs is 1. The summed E-state index contributed by atoms with van der Waals surface area (Å²) in [6.45, 7) is 0. The maximum atomic E-state index is 11.8. The molecule has 0 unspecified atom stereocenters. The van der Waals surface area contributed by atoms with Crippen molar-refractivity contribution in [2.45, 2.75) is 12.0 Å². The first-order valence-electron chi connectivity index (χ1n) is 7.06. The first-order valence-corrected chi connectivity index (χ1v) is 7.44. The van der Waals surface area contributed by atoms with Crippen molar-refractivity contribution >= 4 is 23.8 Å². The molecule has 0 fully saturated rings. The Balaban J connectivity index is 2.03. The van der Waals surface area contributed by atoms with Crippen molar-refractivity contribution in [3.8, 4) is 0 Å². The number of carbonyl (C=O) groups is 1. The van der Waals surface area contributed by atoms with Crippen LogP contribution in [0.2, 0.25) is 5.02 Å². The summed E-state index contributed by atoms with van der Waals surface area (Å²) in [4.78, 5) is 11.8. The van der Waals surface area contributed by atoms with Crippen LogP contribution in [0, 0.1) is 0 Å². The third-order valence-electron chi connectivity index (χ3n) is 3.87. The van der Waals surface area contributed by atoms with Gasteiger partial charge in [0.15, 0.2) is 0 Å². The predicted molar refractivity (Wildman–Crippen MR) is 88.0 cm³/mol. The number of methoxy groups -OCH3 is 1. The Morgan fingerprint density at radius 3 is 2.77 bits per heavy atom. The first-order chi connectivity index (χ1) is 10.7. The van der Waals surface area contributed by atoms with Crippen LogP contribution in [0.15, 0.2) is 54.6 Å². The van der Waals surface area contributed by atoms with E-state index in [1.807, 2.05) is 48.5 Å². The summed E-state index contributed by atoms with van der Waals surface area (Å²) in [5.41, 5.74) is 3.22. The standard InChI is InChI=1S/C18H16ClNO2/c1-22-18(21)20-17-15-8-3-2-5-12(15)9-10-16(17)13-6-4-7-14(19)11-13/h2-11,16-17H,1H3,(H,20,21)/t16-,17-/m1/s1. The molecule has 0 saturated heterocycles. The van der Waals surface area contributed by atoms with Crippen LogP contribution in [-0.4, -0.2) is 13.2 Å². The van der Waals surface area contributed by atoms with Gasteiger partial charge in [0.2, 0.25) is 0 Å². The number of halogens is 1. The lowest BCUT2D eigenvalue weighted by molar-refractivity contribution is 0.165. The Hall–Kier alpha value is -2.26. The van der Waals surface area contributed by atoms with Crippen LogP contribution >= 0.6 is 11.6 Å². The van der Waals surface area contributed by atoms with E-state index < -0.39 is 6.09 Å². The zero-order valence-electron chi connectivity index (χ0n) is 12.1. The zero-order valence-corrected chi connectivity index (χ0v) is 12.9. The molecule has 2 aromatic carbocycles. The smallest absolute Gasteiger partial charge is 0.407 e. The van der Waals surface area contributed by atoms with Gasteiger partial charge in [-0.15, -0.1) is 0 Å². The fraction of sp³-hybridized carbons (Fsp3) is 0.167. The van der Waals surface area contributed by atoms with Gasteiger partial charge in [0.1, 0.15) is 0 Å². The Labute approximate surface area is 134 Å². The van der Waals surface area contributed by atoms with E-state index in [1.165, 1.54) is 7.11 Å². The topological polar surface area (TPSA) is 38.3 Å². The summed E-state index contributed by atoms with van der Waals surface area (Å²) in [7, 11) is 1.37. The molecule has 0 aromatic heterocycles. The Morgan fingerprint density at radius 2 is 2.00 bits per heavy atom. The molecule has 3 rings (SSSR count). The second-order valence-corrected chi connectivity index (χ2v) is 5.62. The third kappa shape index (κ3) is 2.85. The number of hydrogen-bond donors (Lipinski definition) is 1. The fourth-order valence-corrected chi connectivity index (χ4v) is 3.03. The van der Waals surface area contributed by atoms with Gasteiger partial charge in [-0.05, 0) is 28.8 Å². The minimum atomic E-state index is -0.442. The van der Waals surface area contributed by atoms with Crippen LogP contribution in [-0.2, 0) is 4.74 Å². The summed E-state index contributed by atoms with van der Waals surface area (Å²) in [5, 5.41) is 3.62. The largest absolute Gasteiger partial charge is 0.453 e. The summed E-state index contributed by atoms with van der Waals surface area (Å²) in [5.74, 6) is 0.00713. The molecule has 112 valence electrons. The summed E-state index contributed by atoms with van der Waals surface area (Å²) in [6.07, 6.45) is 3.73. The normalized spacial score (nSPS) is 19.4. The molecule has 1 aliphatic rings. The quantitative estimate of drug-likeness (QED) is 0.883. The lowest BCUT2D eigenvalue weighted by Crippen LogP contribution is -2.33. The summed E-state index contributed by atoms with van der Waals surface area (Å²) >= 11 is 6.11. The monoisotopic (exact) mass is 313 g/mol.